The molecule has 0 bridgehead atoms. The zero-order chi connectivity index (χ0) is 7.28. The minimum absolute atomic E-state index is 0.358. The quantitative estimate of drug-likeness (QED) is 0.292. The molecule has 0 aliphatic heterocycles. The van der Waals surface area contributed by atoms with Crippen molar-refractivity contribution in [2.75, 3.05) is 6.54 Å². The molecule has 0 saturated carbocycles. The Balaban J connectivity index is 3.67. The van der Waals surface area contributed by atoms with Crippen molar-refractivity contribution in [2.24, 2.45) is 0 Å². The van der Waals surface area contributed by atoms with Gasteiger partial charge in [0.05, 0.1) is 17.7 Å². The van der Waals surface area contributed by atoms with Crippen LogP contribution in [0.4, 0.5) is 4.79 Å². The van der Waals surface area contributed by atoms with Gasteiger partial charge in [0, 0.05) is 0 Å². The van der Waals surface area contributed by atoms with E-state index in [0.29, 0.717) is 6.54 Å². The van der Waals surface area contributed by atoms with Gasteiger partial charge in [-0.05, 0) is 22.3 Å². The van der Waals surface area contributed by atoms with E-state index >= 15 is 0 Å². The number of amides is 1. The molecule has 0 aliphatic carbocycles. The molecule has 0 aliphatic rings. The summed E-state index contributed by atoms with van der Waals surface area (Å²) in [4.78, 5) is 10.3. The Bertz CT molecular complexity index is 119. The second kappa shape index (κ2) is 4.97. The van der Waals surface area contributed by atoms with Gasteiger partial charge in [-0.15, -0.1) is 6.58 Å². The summed E-state index contributed by atoms with van der Waals surface area (Å²) in [6.07, 6.45) is 1.54. The highest BCUT2D eigenvalue weighted by Crippen LogP contribution is 2.16. The van der Waals surface area contributed by atoms with Crippen molar-refractivity contribution >= 4 is 38.8 Å². The van der Waals surface area contributed by atoms with Crippen molar-refractivity contribution < 1.29 is 4.79 Å². The molecule has 1 amide bonds. The first-order valence-corrected chi connectivity index (χ1v) is 4.06. The highest BCUT2D eigenvalue weighted by Gasteiger charge is 2.06. The molecule has 0 N–H and O–H groups in total. The second-order valence-corrected chi connectivity index (χ2v) is 2.49. The minimum atomic E-state index is -0.588. The summed E-state index contributed by atoms with van der Waals surface area (Å²) >= 11 is 5.81. The molecule has 5 heteroatoms. The average molecular weight is 186 g/mol. The lowest BCUT2D eigenvalue weighted by Gasteiger charge is -2.09. The molecule has 0 rings (SSSR count). The van der Waals surface area contributed by atoms with Gasteiger partial charge in [-0.3, -0.25) is 9.10 Å². The maximum Gasteiger partial charge on any atom is 0.327 e. The Morgan fingerprint density at radius 3 is 2.56 bits per heavy atom. The van der Waals surface area contributed by atoms with Crippen LogP contribution in [0.1, 0.15) is 0 Å². The van der Waals surface area contributed by atoms with Gasteiger partial charge in [-0.1, -0.05) is 6.08 Å². The maximum absolute atomic E-state index is 10.3. The monoisotopic (exact) mass is 185 g/mol. The molecule has 0 fully saturated rings. The summed E-state index contributed by atoms with van der Waals surface area (Å²) in [6, 6.07) is 0. The zero-order valence-electron chi connectivity index (χ0n) is 4.51. The topological polar surface area (TPSA) is 20.3 Å². The molecule has 9 heavy (non-hydrogen) atoms. The van der Waals surface area contributed by atoms with Crippen LogP contribution in [0.15, 0.2) is 12.7 Å². The molecule has 0 unspecified atom stereocenters. The lowest BCUT2D eigenvalue weighted by atomic mass is 10.6. The van der Waals surface area contributed by atoms with Gasteiger partial charge in [-0.25, -0.2) is 0 Å². The second-order valence-electron chi connectivity index (χ2n) is 1.17. The standard InChI is InChI=1S/C4H5Cl2NOS/c1-2-3-7(9-6)4(5)8/h2H,1,3H2. The third kappa shape index (κ3) is 3.67. The van der Waals surface area contributed by atoms with Crippen molar-refractivity contribution in [1.29, 1.82) is 0 Å². The van der Waals surface area contributed by atoms with Crippen molar-refractivity contribution in [1.82, 2.24) is 4.31 Å². The lowest BCUT2D eigenvalue weighted by molar-refractivity contribution is 0.249. The molecule has 0 radical (unpaired) electrons. The first-order chi connectivity index (χ1) is 4.22. The van der Waals surface area contributed by atoms with Crippen LogP contribution in [0.5, 0.6) is 0 Å². The van der Waals surface area contributed by atoms with Gasteiger partial charge in [0.1, 0.15) is 0 Å². The Labute approximate surface area is 67.4 Å². The fraction of sp³-hybridized carbons (Fsp3) is 0.250. The third-order valence-corrected chi connectivity index (χ3v) is 1.86. The van der Waals surface area contributed by atoms with Gasteiger partial charge in [-0.2, -0.15) is 0 Å². The van der Waals surface area contributed by atoms with E-state index in [-0.39, 0.29) is 0 Å². The summed E-state index contributed by atoms with van der Waals surface area (Å²) in [5.74, 6) is 0. The zero-order valence-corrected chi connectivity index (χ0v) is 6.84. The SMILES string of the molecule is C=CCN(SCl)C(=O)Cl. The summed E-state index contributed by atoms with van der Waals surface area (Å²) in [5.41, 5.74) is 0. The highest BCUT2D eigenvalue weighted by molar-refractivity contribution is 8.19. The Morgan fingerprint density at radius 2 is 2.44 bits per heavy atom. The molecule has 0 saturated heterocycles. The Hall–Kier alpha value is 0.140. The lowest BCUT2D eigenvalue weighted by Crippen LogP contribution is -2.15. The summed E-state index contributed by atoms with van der Waals surface area (Å²) in [6.45, 7) is 3.76. The van der Waals surface area contributed by atoms with E-state index in [2.05, 4.69) is 6.58 Å². The smallest absolute Gasteiger partial charge is 0.255 e. The first-order valence-electron chi connectivity index (χ1n) is 2.09. The maximum atomic E-state index is 10.3. The fourth-order valence-electron chi connectivity index (χ4n) is 0.244. The Morgan fingerprint density at radius 1 is 1.89 bits per heavy atom. The van der Waals surface area contributed by atoms with Crippen LogP contribution in [0, 0.1) is 0 Å². The van der Waals surface area contributed by atoms with Gasteiger partial charge >= 0.3 is 5.37 Å². The van der Waals surface area contributed by atoms with E-state index in [0.717, 1.165) is 15.5 Å². The number of carbonyl (C=O) groups is 1. The molecule has 0 atom stereocenters. The van der Waals surface area contributed by atoms with Gasteiger partial charge < -0.3 is 0 Å². The minimum Gasteiger partial charge on any atom is -0.255 e. The van der Waals surface area contributed by atoms with Crippen LogP contribution >= 0.6 is 33.4 Å². The predicted octanol–water partition coefficient (Wildman–Crippen LogP) is 2.64. The summed E-state index contributed by atoms with van der Waals surface area (Å²) < 4.78 is 1.16. The van der Waals surface area contributed by atoms with Crippen LogP contribution in [-0.4, -0.2) is 16.2 Å². The molecular weight excluding hydrogens is 181 g/mol. The number of nitrogens with zero attached hydrogens (tertiary/aromatic N) is 1. The van der Waals surface area contributed by atoms with E-state index in [1.165, 1.54) is 6.08 Å². The van der Waals surface area contributed by atoms with E-state index in [1.54, 1.807) is 0 Å². The van der Waals surface area contributed by atoms with Gasteiger partial charge in [0.25, 0.3) is 0 Å². The molecular formula is C4H5Cl2NOS. The predicted molar refractivity (Wildman–Crippen MR) is 41.6 cm³/mol. The van der Waals surface area contributed by atoms with Crippen LogP contribution in [-0.2, 0) is 0 Å². The third-order valence-electron chi connectivity index (χ3n) is 0.574. The largest absolute Gasteiger partial charge is 0.327 e. The Kier molecular flexibility index (Phi) is 5.04. The molecule has 0 heterocycles. The molecule has 0 aromatic heterocycles. The molecule has 0 aromatic carbocycles. The van der Waals surface area contributed by atoms with E-state index < -0.39 is 5.37 Å². The van der Waals surface area contributed by atoms with Gasteiger partial charge in [0.2, 0.25) is 0 Å². The van der Waals surface area contributed by atoms with E-state index in [1.807, 2.05) is 0 Å². The first kappa shape index (κ1) is 9.14. The van der Waals surface area contributed by atoms with Crippen molar-refractivity contribution in [3.8, 4) is 0 Å². The number of hydrogen-bond acceptors (Lipinski definition) is 2. The highest BCUT2D eigenvalue weighted by atomic mass is 35.7. The van der Waals surface area contributed by atoms with Crippen molar-refractivity contribution in [3.05, 3.63) is 12.7 Å². The van der Waals surface area contributed by atoms with E-state index in [4.69, 9.17) is 22.3 Å². The molecule has 0 aromatic rings. The fourth-order valence-corrected chi connectivity index (χ4v) is 1.10. The van der Waals surface area contributed by atoms with Crippen molar-refractivity contribution in [3.63, 3.8) is 0 Å². The molecule has 0 spiro atoms. The molecule has 52 valence electrons. The average Bonchev–Trinajstić information content (AvgIpc) is 1.82. The normalized spacial score (nSPS) is 8.67. The number of hydrogen-bond donors (Lipinski definition) is 0. The van der Waals surface area contributed by atoms with Gasteiger partial charge in [0.15, 0.2) is 0 Å². The summed E-state index contributed by atoms with van der Waals surface area (Å²) in [5, 5.41) is -0.588. The number of rotatable bonds is 3. The molecule has 2 nitrogen and oxygen atoms in total. The van der Waals surface area contributed by atoms with Crippen molar-refractivity contribution in [2.45, 2.75) is 0 Å². The van der Waals surface area contributed by atoms with Crippen LogP contribution in [0.2, 0.25) is 0 Å². The number of carbonyl (C=O) groups excluding carboxylic acids is 1. The van der Waals surface area contributed by atoms with Crippen LogP contribution in [0.3, 0.4) is 0 Å². The van der Waals surface area contributed by atoms with Crippen LogP contribution < -0.4 is 0 Å². The number of halogens is 2. The summed E-state index contributed by atoms with van der Waals surface area (Å²) in [7, 11) is 5.23. The van der Waals surface area contributed by atoms with E-state index in [9.17, 15) is 4.79 Å². The van der Waals surface area contributed by atoms with Crippen LogP contribution in [0.25, 0.3) is 0 Å².